The number of ether oxygens (including phenoxy) is 1. The van der Waals surface area contributed by atoms with Crippen LogP contribution in [0.3, 0.4) is 0 Å². The fraction of sp³-hybridized carbons (Fsp3) is 0.429. The number of hydrogen-bond donors (Lipinski definition) is 1. The van der Waals surface area contributed by atoms with Gasteiger partial charge in [-0.15, -0.1) is 11.3 Å². The Hall–Kier alpha value is -1.62. The zero-order chi connectivity index (χ0) is 13.1. The average molecular weight is 275 g/mol. The van der Waals surface area contributed by atoms with Crippen LogP contribution in [0.4, 0.5) is 5.82 Å². The van der Waals surface area contributed by atoms with Gasteiger partial charge in [0, 0.05) is 10.9 Å². The Labute approximate surface area is 116 Å². The van der Waals surface area contributed by atoms with Crippen LogP contribution in [0.5, 0.6) is 5.88 Å². The second-order valence-electron chi connectivity index (χ2n) is 4.56. The first kappa shape index (κ1) is 12.4. The predicted octanol–water partition coefficient (Wildman–Crippen LogP) is 3.43. The number of rotatable bonds is 4. The Morgan fingerprint density at radius 1 is 1.47 bits per heavy atom. The van der Waals surface area contributed by atoms with Crippen molar-refractivity contribution in [3.05, 3.63) is 34.3 Å². The summed E-state index contributed by atoms with van der Waals surface area (Å²) in [6.45, 7) is 2.57. The summed E-state index contributed by atoms with van der Waals surface area (Å²) in [4.78, 5) is 9.86. The smallest absolute Gasteiger partial charge is 0.218 e. The van der Waals surface area contributed by atoms with Gasteiger partial charge >= 0.3 is 0 Å². The van der Waals surface area contributed by atoms with E-state index in [2.05, 4.69) is 26.7 Å². The van der Waals surface area contributed by atoms with Gasteiger partial charge in [0.25, 0.3) is 0 Å². The summed E-state index contributed by atoms with van der Waals surface area (Å²) in [5.41, 5.74) is 1.42. The molecule has 0 bridgehead atoms. The van der Waals surface area contributed by atoms with E-state index < -0.39 is 0 Å². The summed E-state index contributed by atoms with van der Waals surface area (Å²) in [5.74, 6) is 1.46. The third kappa shape index (κ3) is 2.71. The molecule has 0 saturated heterocycles. The largest absolute Gasteiger partial charge is 0.478 e. The average Bonchev–Trinajstić information content (AvgIpc) is 2.89. The van der Waals surface area contributed by atoms with Gasteiger partial charge in [-0.3, -0.25) is 0 Å². The van der Waals surface area contributed by atoms with Gasteiger partial charge in [-0.2, -0.15) is 0 Å². The van der Waals surface area contributed by atoms with Gasteiger partial charge in [-0.1, -0.05) is 0 Å². The van der Waals surface area contributed by atoms with Crippen LogP contribution in [0.1, 0.15) is 36.2 Å². The van der Waals surface area contributed by atoms with Crippen LogP contribution < -0.4 is 10.1 Å². The van der Waals surface area contributed by atoms with Gasteiger partial charge in [0.1, 0.15) is 12.1 Å². The monoisotopic (exact) mass is 275 g/mol. The minimum absolute atomic E-state index is 0.361. The summed E-state index contributed by atoms with van der Waals surface area (Å²) >= 11 is 1.85. The molecule has 1 unspecified atom stereocenters. The highest BCUT2D eigenvalue weighted by Gasteiger charge is 2.21. The lowest BCUT2D eigenvalue weighted by Crippen LogP contribution is -2.16. The molecule has 4 nitrogen and oxygen atoms in total. The van der Waals surface area contributed by atoms with Crippen LogP contribution >= 0.6 is 11.3 Å². The Morgan fingerprint density at radius 2 is 2.42 bits per heavy atom. The highest BCUT2D eigenvalue weighted by molar-refractivity contribution is 7.10. The first-order valence-electron chi connectivity index (χ1n) is 6.64. The van der Waals surface area contributed by atoms with Crippen LogP contribution in [-0.4, -0.2) is 16.6 Å². The number of aromatic nitrogens is 2. The molecule has 0 aromatic carbocycles. The molecule has 2 aromatic heterocycles. The highest BCUT2D eigenvalue weighted by atomic mass is 32.1. The maximum atomic E-state index is 5.40. The fourth-order valence-electron chi connectivity index (χ4n) is 2.46. The molecular weight excluding hydrogens is 258 g/mol. The van der Waals surface area contributed by atoms with Crippen molar-refractivity contribution in [3.8, 4) is 5.88 Å². The molecule has 0 amide bonds. The van der Waals surface area contributed by atoms with Gasteiger partial charge in [0.2, 0.25) is 5.88 Å². The maximum Gasteiger partial charge on any atom is 0.218 e. The summed E-state index contributed by atoms with van der Waals surface area (Å²) < 4.78 is 5.40. The van der Waals surface area contributed by atoms with Crippen molar-refractivity contribution >= 4 is 17.2 Å². The molecule has 0 fully saturated rings. The minimum Gasteiger partial charge on any atom is -0.478 e. The zero-order valence-electron chi connectivity index (χ0n) is 10.9. The summed E-state index contributed by atoms with van der Waals surface area (Å²) in [7, 11) is 0. The van der Waals surface area contributed by atoms with Crippen LogP contribution in [0.15, 0.2) is 23.8 Å². The van der Waals surface area contributed by atoms with Gasteiger partial charge in [0.05, 0.1) is 12.6 Å². The molecule has 0 radical (unpaired) electrons. The highest BCUT2D eigenvalue weighted by Crippen LogP contribution is 2.35. The van der Waals surface area contributed by atoms with Gasteiger partial charge in [0.15, 0.2) is 0 Å². The van der Waals surface area contributed by atoms with Crippen molar-refractivity contribution in [3.63, 3.8) is 0 Å². The lowest BCUT2D eigenvalue weighted by Gasteiger charge is -2.24. The topological polar surface area (TPSA) is 47.0 Å². The standard InChI is InChI=1S/C14H17N3OS/c1-2-18-14-8-13(15-9-16-14)17-11-4-3-5-12-10(11)6-7-19-12/h6-9,11H,2-5H2,1H3,(H,15,16,17). The Balaban J connectivity index is 1.77. The van der Waals surface area contributed by atoms with Crippen LogP contribution in [0.2, 0.25) is 0 Å². The van der Waals surface area contributed by atoms with E-state index in [1.54, 1.807) is 6.33 Å². The quantitative estimate of drug-likeness (QED) is 0.928. The van der Waals surface area contributed by atoms with E-state index in [0.29, 0.717) is 18.5 Å². The second kappa shape index (κ2) is 5.57. The molecule has 19 heavy (non-hydrogen) atoms. The molecule has 1 aliphatic carbocycles. The Bertz CT molecular complexity index is 555. The fourth-order valence-corrected chi connectivity index (χ4v) is 3.45. The maximum absolute atomic E-state index is 5.40. The number of fused-ring (bicyclic) bond motifs is 1. The van der Waals surface area contributed by atoms with E-state index in [-0.39, 0.29) is 0 Å². The van der Waals surface area contributed by atoms with Crippen LogP contribution in [-0.2, 0) is 6.42 Å². The molecule has 0 aliphatic heterocycles. The molecule has 1 aliphatic rings. The predicted molar refractivity (Wildman–Crippen MR) is 76.8 cm³/mol. The molecule has 5 heteroatoms. The molecule has 2 heterocycles. The molecule has 3 rings (SSSR count). The Morgan fingerprint density at radius 3 is 3.32 bits per heavy atom. The number of anilines is 1. The summed E-state index contributed by atoms with van der Waals surface area (Å²) in [6.07, 6.45) is 5.14. The van der Waals surface area contributed by atoms with Crippen molar-refractivity contribution in [1.82, 2.24) is 9.97 Å². The molecule has 100 valence electrons. The number of hydrogen-bond acceptors (Lipinski definition) is 5. The number of nitrogens with one attached hydrogen (secondary N) is 1. The number of aryl methyl sites for hydroxylation is 1. The van der Waals surface area contributed by atoms with Crippen LogP contribution in [0, 0.1) is 0 Å². The zero-order valence-corrected chi connectivity index (χ0v) is 11.7. The van der Waals surface area contributed by atoms with E-state index in [1.807, 2.05) is 24.3 Å². The molecule has 0 spiro atoms. The molecular formula is C14H17N3OS. The van der Waals surface area contributed by atoms with Crippen molar-refractivity contribution in [2.45, 2.75) is 32.2 Å². The first-order chi connectivity index (χ1) is 9.36. The van der Waals surface area contributed by atoms with E-state index >= 15 is 0 Å². The summed E-state index contributed by atoms with van der Waals surface area (Å²) in [6, 6.07) is 4.45. The van der Waals surface area contributed by atoms with Gasteiger partial charge in [-0.25, -0.2) is 9.97 Å². The molecule has 1 N–H and O–H groups in total. The van der Waals surface area contributed by atoms with Crippen LogP contribution in [0.25, 0.3) is 0 Å². The van der Waals surface area contributed by atoms with E-state index in [4.69, 9.17) is 4.74 Å². The number of nitrogens with zero attached hydrogens (tertiary/aromatic N) is 2. The summed E-state index contributed by atoms with van der Waals surface area (Å²) in [5, 5.41) is 5.67. The first-order valence-corrected chi connectivity index (χ1v) is 7.52. The third-order valence-electron chi connectivity index (χ3n) is 3.31. The SMILES string of the molecule is CCOc1cc(NC2CCCc3sccc32)ncn1. The van der Waals surface area contributed by atoms with Crippen molar-refractivity contribution in [2.75, 3.05) is 11.9 Å². The van der Waals surface area contributed by atoms with Gasteiger partial charge in [-0.05, 0) is 43.2 Å². The second-order valence-corrected chi connectivity index (χ2v) is 5.56. The van der Waals surface area contributed by atoms with Crippen molar-refractivity contribution < 1.29 is 4.74 Å². The normalized spacial score (nSPS) is 17.8. The molecule has 0 saturated carbocycles. The van der Waals surface area contributed by atoms with Crippen molar-refractivity contribution in [2.24, 2.45) is 0 Å². The Kier molecular flexibility index (Phi) is 3.64. The van der Waals surface area contributed by atoms with E-state index in [9.17, 15) is 0 Å². The number of thiophene rings is 1. The lowest BCUT2D eigenvalue weighted by molar-refractivity contribution is 0.326. The molecule has 1 atom stereocenters. The molecule has 2 aromatic rings. The van der Waals surface area contributed by atoms with E-state index in [0.717, 1.165) is 12.2 Å². The minimum atomic E-state index is 0.361. The van der Waals surface area contributed by atoms with Crippen molar-refractivity contribution in [1.29, 1.82) is 0 Å². The third-order valence-corrected chi connectivity index (χ3v) is 4.30. The lowest BCUT2D eigenvalue weighted by atomic mass is 9.94. The van der Waals surface area contributed by atoms with E-state index in [1.165, 1.54) is 23.3 Å². The van der Waals surface area contributed by atoms with Gasteiger partial charge < -0.3 is 10.1 Å².